The van der Waals surface area contributed by atoms with Gasteiger partial charge in [0.25, 0.3) is 0 Å². The van der Waals surface area contributed by atoms with E-state index in [1.807, 2.05) is 30.3 Å². The van der Waals surface area contributed by atoms with Crippen molar-refractivity contribution in [2.75, 3.05) is 33.7 Å². The smallest absolute Gasteiger partial charge is 0.317 e. The Labute approximate surface area is 200 Å². The molecule has 1 aromatic rings. The number of nitrogens with zero attached hydrogens (tertiary/aromatic N) is 2. The lowest BCUT2D eigenvalue weighted by Gasteiger charge is -2.38. The molecular formula is C24H36N6O4. The third kappa shape index (κ3) is 6.05. The zero-order valence-electron chi connectivity index (χ0n) is 20.2. The van der Waals surface area contributed by atoms with E-state index in [9.17, 15) is 19.2 Å². The van der Waals surface area contributed by atoms with Crippen molar-refractivity contribution in [1.82, 2.24) is 31.1 Å². The second-order valence-corrected chi connectivity index (χ2v) is 8.88. The van der Waals surface area contributed by atoms with Gasteiger partial charge in [-0.1, -0.05) is 30.3 Å². The van der Waals surface area contributed by atoms with Crippen molar-refractivity contribution in [3.63, 3.8) is 0 Å². The van der Waals surface area contributed by atoms with Crippen LogP contribution in [0.4, 0.5) is 4.79 Å². The maximum absolute atomic E-state index is 13.6. The van der Waals surface area contributed by atoms with Gasteiger partial charge in [0.1, 0.15) is 12.1 Å². The van der Waals surface area contributed by atoms with Crippen LogP contribution in [0.1, 0.15) is 31.7 Å². The van der Waals surface area contributed by atoms with Gasteiger partial charge in [0.05, 0.1) is 12.6 Å². The molecule has 0 aromatic heterocycles. The van der Waals surface area contributed by atoms with Gasteiger partial charge in [-0.25, -0.2) is 4.79 Å². The number of urea groups is 1. The van der Waals surface area contributed by atoms with Crippen LogP contribution in [0.15, 0.2) is 30.3 Å². The van der Waals surface area contributed by atoms with Crippen molar-refractivity contribution in [1.29, 1.82) is 0 Å². The third-order valence-corrected chi connectivity index (χ3v) is 6.69. The highest BCUT2D eigenvalue weighted by Crippen LogP contribution is 2.29. The molecule has 0 radical (unpaired) electrons. The van der Waals surface area contributed by atoms with Gasteiger partial charge in [0.15, 0.2) is 0 Å². The van der Waals surface area contributed by atoms with E-state index in [2.05, 4.69) is 21.3 Å². The normalized spacial score (nSPS) is 23.4. The summed E-state index contributed by atoms with van der Waals surface area (Å²) in [7, 11) is 3.20. The van der Waals surface area contributed by atoms with E-state index in [0.717, 1.165) is 5.56 Å². The summed E-state index contributed by atoms with van der Waals surface area (Å²) in [6.07, 6.45) is 2.53. The summed E-state index contributed by atoms with van der Waals surface area (Å²) in [5.41, 5.74) is 1.13. The molecule has 10 nitrogen and oxygen atoms in total. The molecule has 10 heteroatoms. The number of carbonyl (C=O) groups is 4. The number of hydrogen-bond acceptors (Lipinski definition) is 5. The molecular weight excluding hydrogens is 436 g/mol. The average Bonchev–Trinajstić information content (AvgIpc) is 3.27. The number of hydrogen-bond donors (Lipinski definition) is 4. The van der Waals surface area contributed by atoms with Gasteiger partial charge in [-0.15, -0.1) is 0 Å². The molecule has 186 valence electrons. The van der Waals surface area contributed by atoms with Crippen molar-refractivity contribution in [2.45, 2.75) is 56.8 Å². The van der Waals surface area contributed by atoms with Crippen molar-refractivity contribution < 1.29 is 19.2 Å². The number of nitrogens with one attached hydrogen (secondary N) is 4. The van der Waals surface area contributed by atoms with Crippen LogP contribution in [-0.2, 0) is 20.8 Å². The molecule has 4 N–H and O–H groups in total. The van der Waals surface area contributed by atoms with Crippen LogP contribution in [0, 0.1) is 0 Å². The first kappa shape index (κ1) is 25.5. The van der Waals surface area contributed by atoms with E-state index in [0.29, 0.717) is 38.8 Å². The van der Waals surface area contributed by atoms with E-state index in [1.165, 1.54) is 7.05 Å². The Kier molecular flexibility index (Phi) is 8.86. The molecule has 2 aliphatic heterocycles. The summed E-state index contributed by atoms with van der Waals surface area (Å²) in [6, 6.07) is 7.42. The predicted molar refractivity (Wildman–Crippen MR) is 128 cm³/mol. The Morgan fingerprint density at radius 1 is 1.09 bits per heavy atom. The fourth-order valence-electron chi connectivity index (χ4n) is 4.60. The summed E-state index contributed by atoms with van der Waals surface area (Å²) in [5, 5.41) is 11.2. The number of fused-ring (bicyclic) bond motifs is 1. The van der Waals surface area contributed by atoms with Crippen LogP contribution in [0.5, 0.6) is 0 Å². The maximum Gasteiger partial charge on any atom is 0.317 e. The molecule has 2 unspecified atom stereocenters. The summed E-state index contributed by atoms with van der Waals surface area (Å²) < 4.78 is 0. The first-order valence-electron chi connectivity index (χ1n) is 11.9. The van der Waals surface area contributed by atoms with E-state index >= 15 is 0 Å². The van der Waals surface area contributed by atoms with E-state index < -0.39 is 18.1 Å². The van der Waals surface area contributed by atoms with Crippen molar-refractivity contribution >= 4 is 23.8 Å². The molecule has 5 amide bonds. The minimum atomic E-state index is -0.930. The van der Waals surface area contributed by atoms with E-state index in [1.54, 1.807) is 23.8 Å². The molecule has 0 spiro atoms. The van der Waals surface area contributed by atoms with Gasteiger partial charge in [-0.05, 0) is 45.2 Å². The third-order valence-electron chi connectivity index (χ3n) is 6.69. The van der Waals surface area contributed by atoms with Gasteiger partial charge in [0.2, 0.25) is 17.7 Å². The Balaban J connectivity index is 1.73. The number of rotatable bonds is 7. The SMILES string of the molecule is CNC(=O)N1CC[C@H]2CCC(C(=O)NCCc3ccccc3)N2C(=O)[C@@H](NC(=O)C(C)NC)C1. The minimum Gasteiger partial charge on any atom is -0.354 e. The Morgan fingerprint density at radius 2 is 1.82 bits per heavy atom. The summed E-state index contributed by atoms with van der Waals surface area (Å²) >= 11 is 0. The topological polar surface area (TPSA) is 123 Å². The van der Waals surface area contributed by atoms with E-state index in [4.69, 9.17) is 0 Å². The van der Waals surface area contributed by atoms with Gasteiger partial charge in [0, 0.05) is 26.2 Å². The molecule has 0 bridgehead atoms. The Hall–Kier alpha value is -3.14. The first-order chi connectivity index (χ1) is 16.3. The highest BCUT2D eigenvalue weighted by atomic mass is 16.2. The standard InChI is InChI=1S/C24H36N6O4/c1-16(25-2)21(31)28-19-15-29(24(34)26-3)14-12-18-9-10-20(30(18)23(19)33)22(32)27-13-11-17-7-5-4-6-8-17/h4-8,16,18-20,25H,9-15H2,1-3H3,(H,26,34)(H,27,32)(H,28,31)/t16?,18-,19+,20?/m1/s1. The fourth-order valence-corrected chi connectivity index (χ4v) is 4.60. The first-order valence-corrected chi connectivity index (χ1v) is 11.9. The van der Waals surface area contributed by atoms with Gasteiger partial charge < -0.3 is 31.1 Å². The van der Waals surface area contributed by atoms with Crippen LogP contribution in [0.3, 0.4) is 0 Å². The molecule has 2 aliphatic rings. The zero-order valence-corrected chi connectivity index (χ0v) is 20.2. The quantitative estimate of drug-likeness (QED) is 0.439. The molecule has 34 heavy (non-hydrogen) atoms. The molecule has 4 atom stereocenters. The zero-order chi connectivity index (χ0) is 24.7. The largest absolute Gasteiger partial charge is 0.354 e. The number of likely N-dealkylation sites (N-methyl/N-ethyl adjacent to an activating group) is 1. The van der Waals surface area contributed by atoms with Crippen LogP contribution < -0.4 is 21.3 Å². The van der Waals surface area contributed by atoms with Gasteiger partial charge in [-0.3, -0.25) is 14.4 Å². The maximum atomic E-state index is 13.6. The number of benzene rings is 1. The average molecular weight is 473 g/mol. The number of amides is 5. The lowest BCUT2D eigenvalue weighted by molar-refractivity contribution is -0.144. The predicted octanol–water partition coefficient (Wildman–Crippen LogP) is -0.157. The van der Waals surface area contributed by atoms with Crippen LogP contribution in [0.25, 0.3) is 0 Å². The lowest BCUT2D eigenvalue weighted by atomic mass is 10.1. The van der Waals surface area contributed by atoms with Crippen LogP contribution >= 0.6 is 0 Å². The summed E-state index contributed by atoms with van der Waals surface area (Å²) in [4.78, 5) is 54.8. The molecule has 3 rings (SSSR count). The van der Waals surface area contributed by atoms with E-state index in [-0.39, 0.29) is 36.3 Å². The molecule has 0 saturated carbocycles. The minimum absolute atomic E-state index is 0.0479. The molecule has 0 aliphatic carbocycles. The molecule has 2 heterocycles. The molecule has 2 fully saturated rings. The molecule has 1 aromatic carbocycles. The van der Waals surface area contributed by atoms with Crippen molar-refractivity contribution in [3.05, 3.63) is 35.9 Å². The summed E-state index contributed by atoms with van der Waals surface area (Å²) in [5.74, 6) is -0.835. The summed E-state index contributed by atoms with van der Waals surface area (Å²) in [6.45, 7) is 2.66. The second kappa shape index (κ2) is 11.8. The van der Waals surface area contributed by atoms with Gasteiger partial charge >= 0.3 is 6.03 Å². The van der Waals surface area contributed by atoms with Gasteiger partial charge in [-0.2, -0.15) is 0 Å². The lowest BCUT2D eigenvalue weighted by Crippen LogP contribution is -2.62. The molecule has 2 saturated heterocycles. The highest BCUT2D eigenvalue weighted by Gasteiger charge is 2.45. The van der Waals surface area contributed by atoms with Crippen molar-refractivity contribution in [2.24, 2.45) is 0 Å². The van der Waals surface area contributed by atoms with Crippen molar-refractivity contribution in [3.8, 4) is 0 Å². The number of carbonyl (C=O) groups excluding carboxylic acids is 4. The fraction of sp³-hybridized carbons (Fsp3) is 0.583. The van der Waals surface area contributed by atoms with Crippen LogP contribution in [-0.4, -0.2) is 91.4 Å². The Morgan fingerprint density at radius 3 is 2.50 bits per heavy atom. The Bertz CT molecular complexity index is 879. The second-order valence-electron chi connectivity index (χ2n) is 8.88. The monoisotopic (exact) mass is 472 g/mol. The van der Waals surface area contributed by atoms with Crippen LogP contribution in [0.2, 0.25) is 0 Å². The highest BCUT2D eigenvalue weighted by molar-refractivity contribution is 5.94.